The molecule has 1 unspecified atom stereocenters. The Morgan fingerprint density at radius 2 is 2.09 bits per heavy atom. The molecule has 0 rings (SSSR count). The van der Waals surface area contributed by atoms with Gasteiger partial charge in [0.05, 0.1) is 0 Å². The quantitative estimate of drug-likeness (QED) is 0.484. The highest BCUT2D eigenvalue weighted by atomic mass is 35.5. The van der Waals surface area contributed by atoms with Gasteiger partial charge in [0, 0.05) is 17.4 Å². The molecule has 0 fully saturated rings. The summed E-state index contributed by atoms with van der Waals surface area (Å²) in [6, 6.07) is 0. The second-order valence-corrected chi connectivity index (χ2v) is 4.82. The molecule has 0 aliphatic rings. The van der Waals surface area contributed by atoms with Gasteiger partial charge in [-0.3, -0.25) is 0 Å². The number of halogens is 2. The average molecular weight is 215 g/mol. The molecule has 0 aliphatic heterocycles. The van der Waals surface area contributed by atoms with E-state index in [4.69, 9.17) is 27.6 Å². The van der Waals surface area contributed by atoms with Crippen molar-refractivity contribution >= 4 is 33.7 Å². The molecule has 0 saturated heterocycles. The van der Waals surface area contributed by atoms with Crippen LogP contribution in [0.2, 0.25) is 0 Å². The maximum Gasteiger partial charge on any atom is 0.145 e. The zero-order chi connectivity index (χ0) is 8.74. The molecule has 0 amide bonds. The van der Waals surface area contributed by atoms with Crippen LogP contribution in [0.15, 0.2) is 0 Å². The van der Waals surface area contributed by atoms with Crippen molar-refractivity contribution in [1.29, 1.82) is 0 Å². The fourth-order valence-corrected chi connectivity index (χ4v) is 1.42. The molecule has 0 aliphatic carbocycles. The van der Waals surface area contributed by atoms with Gasteiger partial charge in [0.1, 0.15) is 10.5 Å². The minimum atomic E-state index is -0.112. The maximum absolute atomic E-state index is 6.17. The highest BCUT2D eigenvalue weighted by Crippen LogP contribution is 2.25. The van der Waals surface area contributed by atoms with E-state index < -0.39 is 0 Å². The van der Waals surface area contributed by atoms with Gasteiger partial charge in [0.25, 0.3) is 0 Å². The lowest BCUT2D eigenvalue weighted by Crippen LogP contribution is -2.18. The van der Waals surface area contributed by atoms with E-state index >= 15 is 0 Å². The molecule has 0 bridgehead atoms. The molecular weight excluding hydrogens is 199 g/mol. The van der Waals surface area contributed by atoms with Gasteiger partial charge in [0.2, 0.25) is 0 Å². The Bertz CT molecular complexity index is 88.4. The molecule has 1 atom stereocenters. The first-order chi connectivity index (χ1) is 5.12. The smallest absolute Gasteiger partial charge is 0.145 e. The third kappa shape index (κ3) is 7.13. The van der Waals surface area contributed by atoms with Crippen molar-refractivity contribution in [3.8, 4) is 0 Å². The van der Waals surface area contributed by atoms with Gasteiger partial charge in [-0.2, -0.15) is 0 Å². The third-order valence-electron chi connectivity index (χ3n) is 1.66. The monoisotopic (exact) mass is 214 g/mol. The molecule has 0 heterocycles. The van der Waals surface area contributed by atoms with Crippen LogP contribution >= 0.6 is 23.2 Å². The van der Waals surface area contributed by atoms with Crippen LogP contribution < -0.4 is 0 Å². The van der Waals surface area contributed by atoms with E-state index in [1.165, 1.54) is 0 Å². The Morgan fingerprint density at radius 1 is 1.45 bits per heavy atom. The molecule has 0 aromatic rings. The van der Waals surface area contributed by atoms with Crippen molar-refractivity contribution in [3.63, 3.8) is 0 Å². The summed E-state index contributed by atoms with van der Waals surface area (Å²) < 4.78 is 5.08. The third-order valence-corrected chi connectivity index (χ3v) is 2.71. The number of alkyl halides is 2. The van der Waals surface area contributed by atoms with Crippen molar-refractivity contribution in [2.45, 2.75) is 31.1 Å². The van der Waals surface area contributed by atoms with Gasteiger partial charge in [-0.15, -0.1) is 23.2 Å². The van der Waals surface area contributed by atoms with Crippen LogP contribution in [0.25, 0.3) is 0 Å². The molecular formula is C7H16Cl2OSi. The van der Waals surface area contributed by atoms with Crippen LogP contribution in [-0.4, -0.2) is 27.8 Å². The summed E-state index contributed by atoms with van der Waals surface area (Å²) in [5, 5.41) is 0. The van der Waals surface area contributed by atoms with Gasteiger partial charge in [-0.05, 0) is 26.2 Å². The van der Waals surface area contributed by atoms with Crippen LogP contribution in [0, 0.1) is 0 Å². The van der Waals surface area contributed by atoms with Crippen molar-refractivity contribution in [2.75, 3.05) is 12.5 Å². The van der Waals surface area contributed by atoms with Crippen LogP contribution in [-0.2, 0) is 4.43 Å². The fourth-order valence-electron chi connectivity index (χ4n) is 0.875. The molecule has 0 N–H and O–H groups in total. The lowest BCUT2D eigenvalue weighted by molar-refractivity contribution is 0.312. The van der Waals surface area contributed by atoms with E-state index in [0.717, 1.165) is 36.4 Å². The van der Waals surface area contributed by atoms with Crippen molar-refractivity contribution in [3.05, 3.63) is 0 Å². The van der Waals surface area contributed by atoms with E-state index in [0.29, 0.717) is 5.88 Å². The van der Waals surface area contributed by atoms with E-state index in [1.54, 1.807) is 0 Å². The van der Waals surface area contributed by atoms with Crippen LogP contribution in [0.5, 0.6) is 0 Å². The fraction of sp³-hybridized carbons (Fsp3) is 1.00. The van der Waals surface area contributed by atoms with Gasteiger partial charge < -0.3 is 4.43 Å². The SMILES string of the molecule is CC(Cl)(CCCCl)CCO[SiH3]. The molecule has 0 radical (unpaired) electrons. The molecule has 0 aromatic carbocycles. The Balaban J connectivity index is 3.43. The van der Waals surface area contributed by atoms with Gasteiger partial charge >= 0.3 is 0 Å². The standard InChI is InChI=1S/C7H16Cl2OSi/c1-7(9,3-2-5-8)4-6-10-11/h2-6H2,1,11H3. The summed E-state index contributed by atoms with van der Waals surface area (Å²) in [4.78, 5) is -0.112. The second-order valence-electron chi connectivity index (χ2n) is 2.95. The van der Waals surface area contributed by atoms with Crippen molar-refractivity contribution in [1.82, 2.24) is 0 Å². The molecule has 0 aromatic heterocycles. The lowest BCUT2D eigenvalue weighted by Gasteiger charge is -2.20. The molecule has 0 spiro atoms. The normalized spacial score (nSPS) is 16.6. The molecule has 68 valence electrons. The van der Waals surface area contributed by atoms with Gasteiger partial charge in [0.15, 0.2) is 0 Å². The lowest BCUT2D eigenvalue weighted by atomic mass is 10.0. The number of hydrogen-bond acceptors (Lipinski definition) is 1. The molecule has 11 heavy (non-hydrogen) atoms. The maximum atomic E-state index is 6.17. The molecule has 1 nitrogen and oxygen atoms in total. The van der Waals surface area contributed by atoms with Crippen LogP contribution in [0.3, 0.4) is 0 Å². The average Bonchev–Trinajstić information content (AvgIpc) is 1.97. The summed E-state index contributed by atoms with van der Waals surface area (Å²) in [6.07, 6.45) is 2.89. The first-order valence-corrected chi connectivity index (χ1v) is 5.59. The first kappa shape index (κ1) is 11.8. The Kier molecular flexibility index (Phi) is 6.73. The van der Waals surface area contributed by atoms with E-state index in [1.807, 2.05) is 6.92 Å². The summed E-state index contributed by atoms with van der Waals surface area (Å²) in [5.74, 6) is 0.698. The molecule has 0 saturated carbocycles. The number of rotatable bonds is 6. The summed E-state index contributed by atoms with van der Waals surface area (Å²) >= 11 is 11.7. The summed E-state index contributed by atoms with van der Waals surface area (Å²) in [6.45, 7) is 2.83. The first-order valence-electron chi connectivity index (χ1n) is 3.86. The van der Waals surface area contributed by atoms with Crippen molar-refractivity contribution in [2.24, 2.45) is 0 Å². The minimum Gasteiger partial charge on any atom is -0.428 e. The largest absolute Gasteiger partial charge is 0.428 e. The zero-order valence-electron chi connectivity index (χ0n) is 7.20. The minimum absolute atomic E-state index is 0.112. The van der Waals surface area contributed by atoms with E-state index in [-0.39, 0.29) is 4.87 Å². The highest BCUT2D eigenvalue weighted by Gasteiger charge is 2.18. The van der Waals surface area contributed by atoms with E-state index in [9.17, 15) is 0 Å². The number of hydrogen-bond donors (Lipinski definition) is 0. The summed E-state index contributed by atoms with van der Waals surface area (Å²) in [5.41, 5.74) is 0. The highest BCUT2D eigenvalue weighted by molar-refractivity contribution is 6.23. The van der Waals surface area contributed by atoms with Crippen molar-refractivity contribution < 1.29 is 4.43 Å². The zero-order valence-corrected chi connectivity index (χ0v) is 10.7. The van der Waals surface area contributed by atoms with E-state index in [2.05, 4.69) is 0 Å². The molecule has 4 heteroatoms. The van der Waals surface area contributed by atoms with Crippen LogP contribution in [0.4, 0.5) is 0 Å². The van der Waals surface area contributed by atoms with Crippen LogP contribution in [0.1, 0.15) is 26.2 Å². The Morgan fingerprint density at radius 3 is 2.55 bits per heavy atom. The van der Waals surface area contributed by atoms with Gasteiger partial charge in [-0.1, -0.05) is 0 Å². The topological polar surface area (TPSA) is 9.23 Å². The predicted octanol–water partition coefficient (Wildman–Crippen LogP) is 1.69. The second kappa shape index (κ2) is 6.29. The Hall–Kier alpha value is 0.757. The Labute approximate surface area is 81.9 Å². The summed E-state index contributed by atoms with van der Waals surface area (Å²) in [7, 11) is 0.803. The predicted molar refractivity (Wildman–Crippen MR) is 54.7 cm³/mol. The van der Waals surface area contributed by atoms with Gasteiger partial charge in [-0.25, -0.2) is 0 Å².